The van der Waals surface area contributed by atoms with Crippen molar-refractivity contribution in [2.45, 2.75) is 73.6 Å². The van der Waals surface area contributed by atoms with Gasteiger partial charge in [0.05, 0.1) is 6.33 Å². The number of rotatable bonds is 6. The Balaban J connectivity index is 2.66. The van der Waals surface area contributed by atoms with Crippen LogP contribution >= 0.6 is 0 Å². The summed E-state index contributed by atoms with van der Waals surface area (Å²) in [4.78, 5) is 42.7. The highest BCUT2D eigenvalue weighted by atomic mass is 16.2. The topological polar surface area (TPSA) is 90.9 Å². The summed E-state index contributed by atoms with van der Waals surface area (Å²) in [7, 11) is 0. The minimum absolute atomic E-state index is 0.190. The van der Waals surface area contributed by atoms with Crippen molar-refractivity contribution >= 4 is 17.1 Å². The zero-order valence-electron chi connectivity index (χ0n) is 17.4. The number of hydrogen-bond donors (Lipinski definition) is 1. The minimum Gasteiger partial charge on any atom is -0.350 e. The third-order valence-electron chi connectivity index (χ3n) is 3.91. The molecule has 27 heavy (non-hydrogen) atoms. The molecule has 0 spiro atoms. The molecule has 150 valence electrons. The number of amides is 1. The van der Waals surface area contributed by atoms with Crippen LogP contribution in [-0.2, 0) is 24.4 Å². The van der Waals surface area contributed by atoms with Gasteiger partial charge in [0, 0.05) is 18.6 Å². The van der Waals surface area contributed by atoms with Crippen LogP contribution in [0.25, 0.3) is 11.2 Å². The highest BCUT2D eigenvalue weighted by Crippen LogP contribution is 2.11. The molecule has 0 atom stereocenters. The van der Waals surface area contributed by atoms with E-state index < -0.39 is 16.8 Å². The van der Waals surface area contributed by atoms with Gasteiger partial charge in [-0.15, -0.1) is 0 Å². The molecule has 0 unspecified atom stereocenters. The molecule has 0 bridgehead atoms. The van der Waals surface area contributed by atoms with Crippen molar-refractivity contribution in [2.75, 3.05) is 0 Å². The fourth-order valence-corrected chi connectivity index (χ4v) is 3.04. The predicted molar refractivity (Wildman–Crippen MR) is 106 cm³/mol. The van der Waals surface area contributed by atoms with Gasteiger partial charge in [-0.3, -0.25) is 14.2 Å². The molecule has 0 radical (unpaired) electrons. The summed E-state index contributed by atoms with van der Waals surface area (Å²) in [6, 6.07) is 0. The Labute approximate surface area is 159 Å². The van der Waals surface area contributed by atoms with Crippen molar-refractivity contribution in [1.29, 1.82) is 0 Å². The maximum absolute atomic E-state index is 13.1. The fourth-order valence-electron chi connectivity index (χ4n) is 3.04. The lowest BCUT2D eigenvalue weighted by Gasteiger charge is -2.21. The Morgan fingerprint density at radius 1 is 1.07 bits per heavy atom. The van der Waals surface area contributed by atoms with Gasteiger partial charge in [0.25, 0.3) is 5.56 Å². The van der Waals surface area contributed by atoms with Gasteiger partial charge in [-0.25, -0.2) is 14.3 Å². The molecule has 2 aromatic rings. The first-order valence-corrected chi connectivity index (χ1v) is 9.40. The monoisotopic (exact) mass is 377 g/mol. The molecule has 0 aliphatic heterocycles. The zero-order valence-corrected chi connectivity index (χ0v) is 17.4. The fraction of sp³-hybridized carbons (Fsp3) is 0.684. The van der Waals surface area contributed by atoms with Crippen molar-refractivity contribution in [3.8, 4) is 0 Å². The third-order valence-corrected chi connectivity index (χ3v) is 3.91. The van der Waals surface area contributed by atoms with E-state index in [4.69, 9.17) is 0 Å². The largest absolute Gasteiger partial charge is 0.350 e. The molecule has 2 aromatic heterocycles. The van der Waals surface area contributed by atoms with Crippen molar-refractivity contribution in [3.63, 3.8) is 0 Å². The van der Waals surface area contributed by atoms with E-state index in [1.807, 2.05) is 48.5 Å². The number of imidazole rings is 1. The van der Waals surface area contributed by atoms with Gasteiger partial charge in [-0.2, -0.15) is 0 Å². The van der Waals surface area contributed by atoms with Crippen LogP contribution in [0, 0.1) is 11.8 Å². The van der Waals surface area contributed by atoms with Gasteiger partial charge < -0.3 is 9.88 Å². The first-order chi connectivity index (χ1) is 12.4. The Morgan fingerprint density at radius 3 is 2.19 bits per heavy atom. The molecular formula is C19H31N5O3. The normalized spacial score (nSPS) is 12.3. The van der Waals surface area contributed by atoms with Gasteiger partial charge in [-0.1, -0.05) is 27.7 Å². The molecule has 0 fully saturated rings. The first kappa shape index (κ1) is 20.9. The molecule has 0 aliphatic rings. The SMILES string of the molecule is CC(C)Cn1cnc2c1c(=O)n(CC(=O)NC(C)(C)C)c(=O)n2CC(C)C. The molecular weight excluding hydrogens is 346 g/mol. The average molecular weight is 377 g/mol. The van der Waals surface area contributed by atoms with Crippen LogP contribution in [0.1, 0.15) is 48.5 Å². The summed E-state index contributed by atoms with van der Waals surface area (Å²) in [6.45, 7) is 14.4. The lowest BCUT2D eigenvalue weighted by Crippen LogP contribution is -2.48. The van der Waals surface area contributed by atoms with Crippen molar-refractivity contribution in [2.24, 2.45) is 11.8 Å². The van der Waals surface area contributed by atoms with E-state index in [0.717, 1.165) is 4.57 Å². The zero-order chi connectivity index (χ0) is 20.5. The van der Waals surface area contributed by atoms with E-state index >= 15 is 0 Å². The van der Waals surface area contributed by atoms with Gasteiger partial charge in [0.1, 0.15) is 6.54 Å². The summed E-state index contributed by atoms with van der Waals surface area (Å²) in [5.74, 6) is 0.132. The van der Waals surface area contributed by atoms with E-state index in [9.17, 15) is 14.4 Å². The molecule has 2 heterocycles. The molecule has 8 nitrogen and oxygen atoms in total. The number of nitrogens with one attached hydrogen (secondary N) is 1. The number of fused-ring (bicyclic) bond motifs is 1. The molecule has 1 N–H and O–H groups in total. The van der Waals surface area contributed by atoms with Crippen molar-refractivity contribution < 1.29 is 4.79 Å². The van der Waals surface area contributed by atoms with Gasteiger partial charge in [0.2, 0.25) is 5.91 Å². The number of carbonyl (C=O) groups excluding carboxylic acids is 1. The smallest absolute Gasteiger partial charge is 0.333 e. The van der Waals surface area contributed by atoms with Gasteiger partial charge in [-0.05, 0) is 32.6 Å². The number of aromatic nitrogens is 4. The molecule has 0 saturated heterocycles. The van der Waals surface area contributed by atoms with Crippen LogP contribution in [0.15, 0.2) is 15.9 Å². The van der Waals surface area contributed by atoms with Crippen LogP contribution in [0.3, 0.4) is 0 Å². The summed E-state index contributed by atoms with van der Waals surface area (Å²) < 4.78 is 4.30. The van der Waals surface area contributed by atoms with Gasteiger partial charge >= 0.3 is 5.69 Å². The molecule has 1 amide bonds. The van der Waals surface area contributed by atoms with Crippen LogP contribution in [-0.4, -0.2) is 30.1 Å². The lowest BCUT2D eigenvalue weighted by atomic mass is 10.1. The van der Waals surface area contributed by atoms with E-state index in [1.165, 1.54) is 4.57 Å². The second-order valence-corrected chi connectivity index (χ2v) is 8.94. The maximum Gasteiger partial charge on any atom is 0.333 e. The van der Waals surface area contributed by atoms with Crippen molar-refractivity contribution in [1.82, 2.24) is 24.0 Å². The van der Waals surface area contributed by atoms with E-state index in [-0.39, 0.29) is 18.4 Å². The van der Waals surface area contributed by atoms with Crippen LogP contribution < -0.4 is 16.6 Å². The highest BCUT2D eigenvalue weighted by Gasteiger charge is 2.22. The second-order valence-electron chi connectivity index (χ2n) is 8.94. The third kappa shape index (κ3) is 4.87. The molecule has 0 aliphatic carbocycles. The van der Waals surface area contributed by atoms with Crippen LogP contribution in [0.5, 0.6) is 0 Å². The van der Waals surface area contributed by atoms with E-state index in [2.05, 4.69) is 10.3 Å². The van der Waals surface area contributed by atoms with E-state index in [1.54, 1.807) is 10.9 Å². The summed E-state index contributed by atoms with van der Waals surface area (Å²) in [5.41, 5.74) is -0.669. The van der Waals surface area contributed by atoms with E-state index in [0.29, 0.717) is 30.2 Å². The Hall–Kier alpha value is -2.38. The second kappa shape index (κ2) is 7.70. The molecule has 8 heteroatoms. The average Bonchev–Trinajstić information content (AvgIpc) is 2.89. The van der Waals surface area contributed by atoms with Crippen LogP contribution in [0.4, 0.5) is 0 Å². The van der Waals surface area contributed by atoms with Crippen molar-refractivity contribution in [3.05, 3.63) is 27.2 Å². The highest BCUT2D eigenvalue weighted by molar-refractivity contribution is 5.77. The summed E-state index contributed by atoms with van der Waals surface area (Å²) in [5, 5.41) is 2.80. The Bertz CT molecular complexity index is 941. The molecule has 2 rings (SSSR count). The number of carbonyl (C=O) groups is 1. The standard InChI is InChI=1S/C19H31N5O3/c1-12(2)8-22-11-20-16-15(22)17(26)24(10-14(25)21-19(5,6)7)18(27)23(16)9-13(3)4/h11-13H,8-10H2,1-7H3,(H,21,25). The van der Waals surface area contributed by atoms with Gasteiger partial charge in [0.15, 0.2) is 11.2 Å². The Morgan fingerprint density at radius 2 is 1.67 bits per heavy atom. The summed E-state index contributed by atoms with van der Waals surface area (Å²) in [6.07, 6.45) is 1.60. The lowest BCUT2D eigenvalue weighted by molar-refractivity contribution is -0.123. The quantitative estimate of drug-likeness (QED) is 0.827. The minimum atomic E-state index is -0.500. The molecule has 0 saturated carbocycles. The summed E-state index contributed by atoms with van der Waals surface area (Å²) >= 11 is 0. The Kier molecular flexibility index (Phi) is 5.97. The number of hydrogen-bond acceptors (Lipinski definition) is 4. The predicted octanol–water partition coefficient (Wildman–Crippen LogP) is 1.59. The first-order valence-electron chi connectivity index (χ1n) is 9.40. The number of nitrogens with zero attached hydrogens (tertiary/aromatic N) is 4. The molecule has 0 aromatic carbocycles. The van der Waals surface area contributed by atoms with Crippen LogP contribution in [0.2, 0.25) is 0 Å². The maximum atomic E-state index is 13.1.